The topological polar surface area (TPSA) is 84.3 Å². The molecule has 2 rings (SSSR count). The van der Waals surface area contributed by atoms with Crippen LogP contribution >= 0.6 is 11.6 Å². The second-order valence-corrected chi connectivity index (χ2v) is 5.08. The smallest absolute Gasteiger partial charge is 0.271 e. The van der Waals surface area contributed by atoms with Crippen LogP contribution < -0.4 is 10.6 Å². The molecule has 0 saturated carbocycles. The first-order chi connectivity index (χ1) is 10.5. The summed E-state index contributed by atoms with van der Waals surface area (Å²) in [7, 11) is 0. The number of aryl methyl sites for hydroxylation is 1. The third kappa shape index (κ3) is 4.20. The van der Waals surface area contributed by atoms with Gasteiger partial charge in [-0.1, -0.05) is 23.7 Å². The Morgan fingerprint density at radius 3 is 2.68 bits per heavy atom. The number of carbonyl (C=O) groups is 1. The lowest BCUT2D eigenvalue weighted by atomic mass is 10.2. The highest BCUT2D eigenvalue weighted by molar-refractivity contribution is 6.31. The van der Waals surface area contributed by atoms with Gasteiger partial charge in [0.25, 0.3) is 5.69 Å². The van der Waals surface area contributed by atoms with Crippen molar-refractivity contribution in [2.45, 2.75) is 6.92 Å². The number of anilines is 2. The lowest BCUT2D eigenvalue weighted by Crippen LogP contribution is -2.21. The number of hydrogen-bond donors (Lipinski definition) is 2. The summed E-state index contributed by atoms with van der Waals surface area (Å²) in [4.78, 5) is 22.0. The number of carbonyl (C=O) groups excluding carboxylic acids is 1. The second kappa shape index (κ2) is 6.91. The Kier molecular flexibility index (Phi) is 4.95. The zero-order valence-electron chi connectivity index (χ0n) is 11.8. The Hall–Kier alpha value is -2.60. The predicted molar refractivity (Wildman–Crippen MR) is 86.4 cm³/mol. The largest absolute Gasteiger partial charge is 0.376 e. The quantitative estimate of drug-likeness (QED) is 0.651. The Labute approximate surface area is 132 Å². The lowest BCUT2D eigenvalue weighted by Gasteiger charge is -2.08. The van der Waals surface area contributed by atoms with Crippen LogP contribution in [0.15, 0.2) is 42.5 Å². The number of amides is 1. The van der Waals surface area contributed by atoms with E-state index in [0.29, 0.717) is 16.4 Å². The fourth-order valence-electron chi connectivity index (χ4n) is 1.79. The molecule has 7 heteroatoms. The van der Waals surface area contributed by atoms with E-state index in [-0.39, 0.29) is 18.1 Å². The molecule has 0 aliphatic rings. The number of hydrogen-bond acceptors (Lipinski definition) is 4. The molecule has 0 bridgehead atoms. The van der Waals surface area contributed by atoms with Crippen molar-refractivity contribution in [3.8, 4) is 0 Å². The van der Waals surface area contributed by atoms with Gasteiger partial charge in [0.2, 0.25) is 5.91 Å². The summed E-state index contributed by atoms with van der Waals surface area (Å²) in [6, 6.07) is 11.2. The molecule has 2 aromatic rings. The highest BCUT2D eigenvalue weighted by atomic mass is 35.5. The number of benzene rings is 2. The Morgan fingerprint density at radius 2 is 2.00 bits per heavy atom. The van der Waals surface area contributed by atoms with Crippen LogP contribution in [0.25, 0.3) is 0 Å². The summed E-state index contributed by atoms with van der Waals surface area (Å²) >= 11 is 5.99. The zero-order valence-corrected chi connectivity index (χ0v) is 12.6. The van der Waals surface area contributed by atoms with Crippen LogP contribution in [0.1, 0.15) is 5.56 Å². The van der Waals surface area contributed by atoms with Crippen molar-refractivity contribution in [1.29, 1.82) is 0 Å². The molecule has 0 heterocycles. The standard InChI is InChI=1S/C15H14ClN3O3/c1-10-5-6-12(8-14(10)16)18-15(20)9-17-11-3-2-4-13(7-11)19(21)22/h2-8,17H,9H2,1H3,(H,18,20). The molecule has 0 fully saturated rings. The summed E-state index contributed by atoms with van der Waals surface area (Å²) in [6.07, 6.45) is 0. The van der Waals surface area contributed by atoms with Crippen molar-refractivity contribution < 1.29 is 9.72 Å². The van der Waals surface area contributed by atoms with E-state index in [1.165, 1.54) is 12.1 Å². The van der Waals surface area contributed by atoms with Crippen molar-refractivity contribution in [3.63, 3.8) is 0 Å². The number of nitrogens with one attached hydrogen (secondary N) is 2. The maximum Gasteiger partial charge on any atom is 0.271 e. The first-order valence-corrected chi connectivity index (χ1v) is 6.88. The van der Waals surface area contributed by atoms with Gasteiger partial charge in [0.15, 0.2) is 0 Å². The summed E-state index contributed by atoms with van der Waals surface area (Å²) in [6.45, 7) is 1.87. The van der Waals surface area contributed by atoms with Crippen LogP contribution in [-0.4, -0.2) is 17.4 Å². The van der Waals surface area contributed by atoms with Gasteiger partial charge in [0, 0.05) is 28.5 Å². The fourth-order valence-corrected chi connectivity index (χ4v) is 1.97. The number of nitro groups is 1. The van der Waals surface area contributed by atoms with Gasteiger partial charge in [0.05, 0.1) is 11.5 Å². The first-order valence-electron chi connectivity index (χ1n) is 6.50. The van der Waals surface area contributed by atoms with Gasteiger partial charge in [-0.2, -0.15) is 0 Å². The van der Waals surface area contributed by atoms with Crippen molar-refractivity contribution in [3.05, 3.63) is 63.2 Å². The Bertz CT molecular complexity index is 719. The number of non-ortho nitro benzene ring substituents is 1. The molecule has 0 aromatic heterocycles. The average molecular weight is 320 g/mol. The second-order valence-electron chi connectivity index (χ2n) is 4.67. The molecular formula is C15H14ClN3O3. The molecule has 0 spiro atoms. The van der Waals surface area contributed by atoms with Gasteiger partial charge in [0.1, 0.15) is 0 Å². The van der Waals surface area contributed by atoms with Crippen molar-refractivity contribution in [2.75, 3.05) is 17.2 Å². The molecule has 6 nitrogen and oxygen atoms in total. The van der Waals surface area contributed by atoms with E-state index in [2.05, 4.69) is 10.6 Å². The van der Waals surface area contributed by atoms with Gasteiger partial charge < -0.3 is 10.6 Å². The predicted octanol–water partition coefficient (Wildman–Crippen LogP) is 3.61. The van der Waals surface area contributed by atoms with Crippen LogP contribution in [0.4, 0.5) is 17.1 Å². The van der Waals surface area contributed by atoms with E-state index in [4.69, 9.17) is 11.6 Å². The number of nitrogens with zero attached hydrogens (tertiary/aromatic N) is 1. The molecule has 0 atom stereocenters. The van der Waals surface area contributed by atoms with Gasteiger partial charge >= 0.3 is 0 Å². The molecule has 2 N–H and O–H groups in total. The maximum absolute atomic E-state index is 11.9. The van der Waals surface area contributed by atoms with Gasteiger partial charge in [-0.05, 0) is 30.7 Å². The molecule has 1 amide bonds. The van der Waals surface area contributed by atoms with Gasteiger partial charge in [-0.3, -0.25) is 14.9 Å². The van der Waals surface area contributed by atoms with Crippen molar-refractivity contribution in [1.82, 2.24) is 0 Å². The highest BCUT2D eigenvalue weighted by Gasteiger charge is 2.07. The van der Waals surface area contributed by atoms with Crippen LogP contribution in [0.5, 0.6) is 0 Å². The summed E-state index contributed by atoms with van der Waals surface area (Å²) < 4.78 is 0. The number of halogens is 1. The van der Waals surface area contributed by atoms with Crippen LogP contribution in [-0.2, 0) is 4.79 Å². The SMILES string of the molecule is Cc1ccc(NC(=O)CNc2cccc([N+](=O)[O-])c2)cc1Cl. The minimum Gasteiger partial charge on any atom is -0.376 e. The third-order valence-corrected chi connectivity index (χ3v) is 3.37. The number of rotatable bonds is 5. The minimum absolute atomic E-state index is 0.00728. The van der Waals surface area contributed by atoms with E-state index >= 15 is 0 Å². The maximum atomic E-state index is 11.9. The lowest BCUT2D eigenvalue weighted by molar-refractivity contribution is -0.384. The highest BCUT2D eigenvalue weighted by Crippen LogP contribution is 2.20. The molecular weight excluding hydrogens is 306 g/mol. The van der Waals surface area contributed by atoms with E-state index < -0.39 is 4.92 Å². The third-order valence-electron chi connectivity index (χ3n) is 2.97. The average Bonchev–Trinajstić information content (AvgIpc) is 2.49. The fraction of sp³-hybridized carbons (Fsp3) is 0.133. The molecule has 0 radical (unpaired) electrons. The van der Waals surface area contributed by atoms with Gasteiger partial charge in [-0.15, -0.1) is 0 Å². The minimum atomic E-state index is -0.487. The van der Waals surface area contributed by atoms with Crippen LogP contribution in [0.3, 0.4) is 0 Å². The normalized spacial score (nSPS) is 10.1. The van der Waals surface area contributed by atoms with E-state index in [9.17, 15) is 14.9 Å². The molecule has 0 aliphatic heterocycles. The molecule has 114 valence electrons. The van der Waals surface area contributed by atoms with E-state index in [0.717, 1.165) is 5.56 Å². The molecule has 0 aliphatic carbocycles. The van der Waals surface area contributed by atoms with Crippen molar-refractivity contribution >= 4 is 34.6 Å². The van der Waals surface area contributed by atoms with E-state index in [1.54, 1.807) is 24.3 Å². The molecule has 2 aromatic carbocycles. The summed E-state index contributed by atoms with van der Waals surface area (Å²) in [5.74, 6) is -0.272. The molecule has 22 heavy (non-hydrogen) atoms. The van der Waals surface area contributed by atoms with E-state index in [1.807, 2.05) is 13.0 Å². The molecule has 0 unspecified atom stereocenters. The monoisotopic (exact) mass is 319 g/mol. The number of nitro benzene ring substituents is 1. The van der Waals surface area contributed by atoms with Crippen molar-refractivity contribution in [2.24, 2.45) is 0 Å². The summed E-state index contributed by atoms with van der Waals surface area (Å²) in [5, 5.41) is 16.8. The summed E-state index contributed by atoms with van der Waals surface area (Å²) in [5.41, 5.74) is 2.00. The molecule has 0 saturated heterocycles. The zero-order chi connectivity index (χ0) is 16.1. The van der Waals surface area contributed by atoms with Crippen LogP contribution in [0.2, 0.25) is 5.02 Å². The van der Waals surface area contributed by atoms with Crippen LogP contribution in [0, 0.1) is 17.0 Å². The first kappa shape index (κ1) is 15.8. The Morgan fingerprint density at radius 1 is 1.23 bits per heavy atom. The van der Waals surface area contributed by atoms with Gasteiger partial charge in [-0.25, -0.2) is 0 Å². The Balaban J connectivity index is 1.94.